The summed E-state index contributed by atoms with van der Waals surface area (Å²) in [6.07, 6.45) is 4.42. The fourth-order valence-electron chi connectivity index (χ4n) is 0.967. The quantitative estimate of drug-likeness (QED) is 0.670. The maximum Gasteiger partial charge on any atom is 0.164 e. The molecule has 0 aliphatic carbocycles. The minimum absolute atomic E-state index is 0.152. The lowest BCUT2D eigenvalue weighted by molar-refractivity contribution is 0.568. The smallest absolute Gasteiger partial charge is 0.164 e. The average Bonchev–Trinajstić information content (AvgIpc) is 2.70. The first kappa shape index (κ1) is 8.73. The lowest BCUT2D eigenvalue weighted by atomic mass is 10.3. The van der Waals surface area contributed by atoms with Crippen LogP contribution in [0.5, 0.6) is 0 Å². The van der Waals surface area contributed by atoms with Gasteiger partial charge in [-0.2, -0.15) is 5.26 Å². The number of halogens is 1. The van der Waals surface area contributed by atoms with Crippen molar-refractivity contribution in [2.75, 3.05) is 0 Å². The fourth-order valence-corrected chi connectivity index (χ4v) is 1.14. The molecule has 0 aliphatic rings. The van der Waals surface area contributed by atoms with Gasteiger partial charge in [-0.25, -0.2) is 9.97 Å². The molecule has 2 rings (SSSR count). The Morgan fingerprint density at radius 2 is 2.36 bits per heavy atom. The van der Waals surface area contributed by atoms with Gasteiger partial charge < -0.3 is 4.42 Å². The molecule has 2 aromatic heterocycles. The highest BCUT2D eigenvalue weighted by atomic mass is 35.5. The number of nitriles is 1. The van der Waals surface area contributed by atoms with Crippen LogP contribution in [-0.4, -0.2) is 9.97 Å². The van der Waals surface area contributed by atoms with Gasteiger partial charge in [-0.15, -0.1) is 0 Å². The van der Waals surface area contributed by atoms with Crippen LogP contribution in [0.25, 0.3) is 11.4 Å². The average molecular weight is 206 g/mol. The predicted molar refractivity (Wildman–Crippen MR) is 49.5 cm³/mol. The van der Waals surface area contributed by atoms with Crippen LogP contribution < -0.4 is 0 Å². The Morgan fingerprint density at radius 1 is 1.50 bits per heavy atom. The molecule has 68 valence electrons. The van der Waals surface area contributed by atoms with Crippen LogP contribution in [0.4, 0.5) is 0 Å². The number of aromatic nitrogens is 2. The van der Waals surface area contributed by atoms with Crippen molar-refractivity contribution >= 4 is 11.6 Å². The molecule has 0 bridgehead atoms. The SMILES string of the molecule is N#Cc1cnc(-c2ccoc2)nc1Cl. The molecular weight excluding hydrogens is 202 g/mol. The zero-order chi connectivity index (χ0) is 9.97. The molecule has 0 spiro atoms. The van der Waals surface area contributed by atoms with Crippen molar-refractivity contribution in [1.82, 2.24) is 9.97 Å². The second-order valence-corrected chi connectivity index (χ2v) is 2.88. The van der Waals surface area contributed by atoms with Gasteiger partial charge in [0.05, 0.1) is 18.0 Å². The highest BCUT2D eigenvalue weighted by Crippen LogP contribution is 2.18. The molecule has 0 amide bonds. The van der Waals surface area contributed by atoms with E-state index < -0.39 is 0 Å². The summed E-state index contributed by atoms with van der Waals surface area (Å²) >= 11 is 5.74. The second-order valence-electron chi connectivity index (χ2n) is 2.52. The Balaban J connectivity index is 2.49. The van der Waals surface area contributed by atoms with Gasteiger partial charge >= 0.3 is 0 Å². The summed E-state index contributed by atoms with van der Waals surface area (Å²) in [5, 5.41) is 8.76. The summed E-state index contributed by atoms with van der Waals surface area (Å²) in [6.45, 7) is 0. The minimum atomic E-state index is 0.152. The van der Waals surface area contributed by atoms with Crippen LogP contribution in [0, 0.1) is 11.3 Å². The molecule has 0 aromatic carbocycles. The zero-order valence-electron chi connectivity index (χ0n) is 6.94. The third-order valence-electron chi connectivity index (χ3n) is 1.64. The van der Waals surface area contributed by atoms with Gasteiger partial charge in [0.25, 0.3) is 0 Å². The van der Waals surface area contributed by atoms with Crippen LogP contribution in [0.15, 0.2) is 29.2 Å². The fraction of sp³-hybridized carbons (Fsp3) is 0. The molecule has 2 aromatic rings. The standard InChI is InChI=1S/C9H4ClN3O/c10-8-7(3-11)4-12-9(13-8)6-1-2-14-5-6/h1-2,4-5H. The highest BCUT2D eigenvalue weighted by Gasteiger charge is 2.06. The summed E-state index contributed by atoms with van der Waals surface area (Å²) in [7, 11) is 0. The Morgan fingerprint density at radius 3 is 2.93 bits per heavy atom. The normalized spacial score (nSPS) is 9.71. The molecular formula is C9H4ClN3O. The second kappa shape index (κ2) is 3.48. The van der Waals surface area contributed by atoms with Gasteiger partial charge in [0, 0.05) is 0 Å². The van der Waals surface area contributed by atoms with Crippen molar-refractivity contribution in [3.05, 3.63) is 35.5 Å². The summed E-state index contributed by atoms with van der Waals surface area (Å²) in [6, 6.07) is 3.61. The molecule has 14 heavy (non-hydrogen) atoms. The van der Waals surface area contributed by atoms with Crippen molar-refractivity contribution in [2.45, 2.75) is 0 Å². The molecule has 0 unspecified atom stereocenters. The van der Waals surface area contributed by atoms with E-state index in [1.54, 1.807) is 6.07 Å². The predicted octanol–water partition coefficient (Wildman–Crippen LogP) is 2.26. The molecule has 0 N–H and O–H groups in total. The maximum absolute atomic E-state index is 8.61. The van der Waals surface area contributed by atoms with Crippen molar-refractivity contribution < 1.29 is 4.42 Å². The molecule has 5 heteroatoms. The number of hydrogen-bond donors (Lipinski definition) is 0. The van der Waals surface area contributed by atoms with Crippen molar-refractivity contribution in [1.29, 1.82) is 5.26 Å². The summed E-state index contributed by atoms with van der Waals surface area (Å²) in [4.78, 5) is 7.93. The van der Waals surface area contributed by atoms with E-state index in [-0.39, 0.29) is 10.7 Å². The van der Waals surface area contributed by atoms with Gasteiger partial charge in [0.1, 0.15) is 17.9 Å². The Kier molecular flexibility index (Phi) is 2.17. The van der Waals surface area contributed by atoms with Crippen molar-refractivity contribution in [2.24, 2.45) is 0 Å². The first-order chi connectivity index (χ1) is 6.81. The zero-order valence-corrected chi connectivity index (χ0v) is 7.69. The molecule has 0 saturated carbocycles. The third kappa shape index (κ3) is 1.45. The van der Waals surface area contributed by atoms with E-state index in [9.17, 15) is 0 Å². The molecule has 0 radical (unpaired) electrons. The number of furan rings is 1. The summed E-state index contributed by atoms with van der Waals surface area (Å²) in [5.74, 6) is 0.447. The Bertz CT molecular complexity index is 487. The lowest BCUT2D eigenvalue weighted by Crippen LogP contribution is -1.90. The van der Waals surface area contributed by atoms with E-state index in [0.717, 1.165) is 5.56 Å². The first-order valence-corrected chi connectivity index (χ1v) is 4.14. The first-order valence-electron chi connectivity index (χ1n) is 3.76. The van der Waals surface area contributed by atoms with E-state index in [1.807, 2.05) is 6.07 Å². The summed E-state index contributed by atoms with van der Waals surface area (Å²) < 4.78 is 4.88. The molecule has 0 atom stereocenters. The Labute approximate surface area is 84.8 Å². The van der Waals surface area contributed by atoms with Crippen molar-refractivity contribution in [3.8, 4) is 17.5 Å². The highest BCUT2D eigenvalue weighted by molar-refractivity contribution is 6.30. The molecule has 2 heterocycles. The van der Waals surface area contributed by atoms with Crippen molar-refractivity contribution in [3.63, 3.8) is 0 Å². The monoisotopic (exact) mass is 205 g/mol. The van der Waals surface area contributed by atoms with Crippen LogP contribution in [0.1, 0.15) is 5.56 Å². The van der Waals surface area contributed by atoms with Gasteiger partial charge in [-0.3, -0.25) is 0 Å². The molecule has 0 aliphatic heterocycles. The number of nitrogens with zero attached hydrogens (tertiary/aromatic N) is 3. The molecule has 0 fully saturated rings. The largest absolute Gasteiger partial charge is 0.472 e. The van der Waals surface area contributed by atoms with E-state index >= 15 is 0 Å². The third-order valence-corrected chi connectivity index (χ3v) is 1.93. The van der Waals surface area contributed by atoms with E-state index in [1.165, 1.54) is 18.7 Å². The molecule has 4 nitrogen and oxygen atoms in total. The van der Waals surface area contributed by atoms with Gasteiger partial charge in [0.15, 0.2) is 11.0 Å². The maximum atomic E-state index is 8.61. The van der Waals surface area contributed by atoms with E-state index in [0.29, 0.717) is 5.82 Å². The molecule has 0 saturated heterocycles. The van der Waals surface area contributed by atoms with Gasteiger partial charge in [-0.05, 0) is 6.07 Å². The van der Waals surface area contributed by atoms with Crippen LogP contribution in [0.2, 0.25) is 5.15 Å². The van der Waals surface area contributed by atoms with Crippen LogP contribution in [-0.2, 0) is 0 Å². The van der Waals surface area contributed by atoms with Crippen LogP contribution in [0.3, 0.4) is 0 Å². The minimum Gasteiger partial charge on any atom is -0.472 e. The number of rotatable bonds is 1. The number of hydrogen-bond acceptors (Lipinski definition) is 4. The van der Waals surface area contributed by atoms with Gasteiger partial charge in [0.2, 0.25) is 0 Å². The Hall–Kier alpha value is -1.86. The van der Waals surface area contributed by atoms with E-state index in [2.05, 4.69) is 9.97 Å². The lowest BCUT2D eigenvalue weighted by Gasteiger charge is -1.96. The van der Waals surface area contributed by atoms with E-state index in [4.69, 9.17) is 21.3 Å². The van der Waals surface area contributed by atoms with Crippen LogP contribution >= 0.6 is 11.6 Å². The summed E-state index contributed by atoms with van der Waals surface area (Å²) in [5.41, 5.74) is 0.996. The van der Waals surface area contributed by atoms with Gasteiger partial charge in [-0.1, -0.05) is 11.6 Å². The topological polar surface area (TPSA) is 62.7 Å².